The van der Waals surface area contributed by atoms with Crippen molar-refractivity contribution < 1.29 is 0 Å². The molecule has 0 N–H and O–H groups in total. The average Bonchev–Trinajstić information content (AvgIpc) is 2.39. The van der Waals surface area contributed by atoms with Crippen LogP contribution in [0.5, 0.6) is 0 Å². The van der Waals surface area contributed by atoms with E-state index in [0.29, 0.717) is 5.41 Å². The Labute approximate surface area is 50.6 Å². The van der Waals surface area contributed by atoms with Crippen LogP contribution in [0.4, 0.5) is 0 Å². The predicted octanol–water partition coefficient (Wildman–Crippen LogP) is 2.36. The minimum Gasteiger partial charge on any atom is -0.0880 e. The number of hydrogen-bond donors (Lipinski definition) is 0. The van der Waals surface area contributed by atoms with Crippen LogP contribution in [-0.2, 0) is 0 Å². The van der Waals surface area contributed by atoms with Gasteiger partial charge in [0.2, 0.25) is 0 Å². The first-order valence-electron chi connectivity index (χ1n) is 3.49. The molecular weight excluding hydrogens is 96.1 g/mol. The molecule has 1 saturated carbocycles. The zero-order chi connectivity index (χ0) is 5.61. The van der Waals surface area contributed by atoms with Crippen molar-refractivity contribution in [2.45, 2.75) is 26.2 Å². The fourth-order valence-corrected chi connectivity index (χ4v) is 1.76. The van der Waals surface area contributed by atoms with E-state index in [1.165, 1.54) is 19.3 Å². The van der Waals surface area contributed by atoms with Crippen molar-refractivity contribution >= 4 is 0 Å². The van der Waals surface area contributed by atoms with E-state index in [9.17, 15) is 0 Å². The maximum absolute atomic E-state index is 2.40. The van der Waals surface area contributed by atoms with Crippen molar-refractivity contribution in [3.05, 3.63) is 12.2 Å². The first-order chi connectivity index (χ1) is 3.81. The Bertz CT molecular complexity index is 133. The van der Waals surface area contributed by atoms with Gasteiger partial charge in [-0.1, -0.05) is 19.1 Å². The Balaban J connectivity index is 2.22. The molecule has 2 rings (SSSR count). The van der Waals surface area contributed by atoms with Crippen LogP contribution in [-0.4, -0.2) is 0 Å². The van der Waals surface area contributed by atoms with E-state index in [-0.39, 0.29) is 0 Å². The number of fused-ring (bicyclic) bond motifs is 1. The van der Waals surface area contributed by atoms with Crippen molar-refractivity contribution in [1.82, 2.24) is 0 Å². The second-order valence-corrected chi connectivity index (χ2v) is 3.39. The van der Waals surface area contributed by atoms with E-state index >= 15 is 0 Å². The van der Waals surface area contributed by atoms with Gasteiger partial charge in [-0.2, -0.15) is 0 Å². The van der Waals surface area contributed by atoms with Crippen LogP contribution in [0.2, 0.25) is 0 Å². The maximum Gasteiger partial charge on any atom is -0.0115 e. The number of hydrogen-bond acceptors (Lipinski definition) is 0. The largest absolute Gasteiger partial charge is 0.0880 e. The molecule has 0 radical (unpaired) electrons. The first kappa shape index (κ1) is 4.60. The second kappa shape index (κ2) is 1.18. The lowest BCUT2D eigenvalue weighted by atomic mass is 9.98. The third-order valence-corrected chi connectivity index (χ3v) is 2.64. The van der Waals surface area contributed by atoms with Gasteiger partial charge in [-0.3, -0.25) is 0 Å². The average molecular weight is 108 g/mol. The van der Waals surface area contributed by atoms with Gasteiger partial charge in [-0.25, -0.2) is 0 Å². The van der Waals surface area contributed by atoms with Gasteiger partial charge in [-0.05, 0) is 30.6 Å². The number of rotatable bonds is 0. The van der Waals surface area contributed by atoms with Crippen LogP contribution in [0, 0.1) is 11.3 Å². The third kappa shape index (κ3) is 0.460. The standard InChI is InChI=1S/C8H12/c1-8-5-3-2-4-7(8)6-8/h3,5,7H,2,4,6H2,1H3. The van der Waals surface area contributed by atoms with Gasteiger partial charge in [0.15, 0.2) is 0 Å². The van der Waals surface area contributed by atoms with E-state index in [1.54, 1.807) is 0 Å². The molecule has 0 heterocycles. The summed E-state index contributed by atoms with van der Waals surface area (Å²) in [6.45, 7) is 2.37. The molecule has 2 aliphatic carbocycles. The van der Waals surface area contributed by atoms with Crippen molar-refractivity contribution in [2.24, 2.45) is 11.3 Å². The monoisotopic (exact) mass is 108 g/mol. The van der Waals surface area contributed by atoms with Gasteiger partial charge < -0.3 is 0 Å². The van der Waals surface area contributed by atoms with Gasteiger partial charge in [0.1, 0.15) is 0 Å². The highest BCUT2D eigenvalue weighted by molar-refractivity contribution is 5.15. The quantitative estimate of drug-likeness (QED) is 0.418. The molecule has 0 heteroatoms. The normalized spacial score (nSPS) is 50.9. The molecule has 0 aromatic heterocycles. The van der Waals surface area contributed by atoms with Crippen LogP contribution >= 0.6 is 0 Å². The molecular formula is C8H12. The van der Waals surface area contributed by atoms with Crippen LogP contribution in [0.3, 0.4) is 0 Å². The summed E-state index contributed by atoms with van der Waals surface area (Å²) in [5.41, 5.74) is 0.665. The summed E-state index contributed by atoms with van der Waals surface area (Å²) in [6.07, 6.45) is 8.99. The lowest BCUT2D eigenvalue weighted by Crippen LogP contribution is -1.96. The Morgan fingerprint density at radius 3 is 3.00 bits per heavy atom. The Morgan fingerprint density at radius 1 is 1.62 bits per heavy atom. The van der Waals surface area contributed by atoms with E-state index in [2.05, 4.69) is 19.1 Å². The molecule has 0 aliphatic heterocycles. The molecule has 0 aromatic rings. The van der Waals surface area contributed by atoms with Crippen molar-refractivity contribution in [2.75, 3.05) is 0 Å². The maximum atomic E-state index is 2.40. The SMILES string of the molecule is CC12C=CCCC1C2. The van der Waals surface area contributed by atoms with Crippen LogP contribution in [0.25, 0.3) is 0 Å². The molecule has 0 saturated heterocycles. The highest BCUT2D eigenvalue weighted by atomic mass is 14.5. The fourth-order valence-electron chi connectivity index (χ4n) is 1.76. The molecule has 2 atom stereocenters. The molecule has 44 valence electrons. The van der Waals surface area contributed by atoms with Crippen LogP contribution in [0.15, 0.2) is 12.2 Å². The molecule has 0 nitrogen and oxygen atoms in total. The molecule has 1 fully saturated rings. The van der Waals surface area contributed by atoms with Gasteiger partial charge in [0.05, 0.1) is 0 Å². The Kier molecular flexibility index (Phi) is 0.677. The highest BCUT2D eigenvalue weighted by Gasteiger charge is 2.48. The van der Waals surface area contributed by atoms with E-state index < -0.39 is 0 Å². The molecule has 0 aromatic carbocycles. The van der Waals surface area contributed by atoms with Crippen molar-refractivity contribution in [1.29, 1.82) is 0 Å². The fraction of sp³-hybridized carbons (Fsp3) is 0.750. The van der Waals surface area contributed by atoms with Gasteiger partial charge >= 0.3 is 0 Å². The summed E-state index contributed by atoms with van der Waals surface area (Å²) >= 11 is 0. The summed E-state index contributed by atoms with van der Waals surface area (Å²) in [7, 11) is 0. The molecule has 8 heavy (non-hydrogen) atoms. The molecule has 2 aliphatic rings. The summed E-state index contributed by atoms with van der Waals surface area (Å²) in [5, 5.41) is 0. The Morgan fingerprint density at radius 2 is 2.50 bits per heavy atom. The molecule has 0 amide bonds. The first-order valence-corrected chi connectivity index (χ1v) is 3.49. The Hall–Kier alpha value is -0.260. The summed E-state index contributed by atoms with van der Waals surface area (Å²) in [5.74, 6) is 1.06. The van der Waals surface area contributed by atoms with E-state index in [4.69, 9.17) is 0 Å². The van der Waals surface area contributed by atoms with Crippen molar-refractivity contribution in [3.63, 3.8) is 0 Å². The van der Waals surface area contributed by atoms with Gasteiger partial charge in [0.25, 0.3) is 0 Å². The zero-order valence-electron chi connectivity index (χ0n) is 5.35. The smallest absolute Gasteiger partial charge is 0.0115 e. The zero-order valence-corrected chi connectivity index (χ0v) is 5.35. The van der Waals surface area contributed by atoms with E-state index in [0.717, 1.165) is 5.92 Å². The summed E-state index contributed by atoms with van der Waals surface area (Å²) < 4.78 is 0. The predicted molar refractivity (Wildman–Crippen MR) is 34.6 cm³/mol. The minimum absolute atomic E-state index is 0.665. The lowest BCUT2D eigenvalue weighted by molar-refractivity contribution is 0.565. The summed E-state index contributed by atoms with van der Waals surface area (Å²) in [6, 6.07) is 0. The van der Waals surface area contributed by atoms with Gasteiger partial charge in [0, 0.05) is 0 Å². The topological polar surface area (TPSA) is 0 Å². The molecule has 0 bridgehead atoms. The molecule has 0 spiro atoms. The van der Waals surface area contributed by atoms with Crippen molar-refractivity contribution in [3.8, 4) is 0 Å². The van der Waals surface area contributed by atoms with Gasteiger partial charge in [-0.15, -0.1) is 0 Å². The highest BCUT2D eigenvalue weighted by Crippen LogP contribution is 2.57. The molecule has 2 unspecified atom stereocenters. The third-order valence-electron chi connectivity index (χ3n) is 2.64. The lowest BCUT2D eigenvalue weighted by Gasteiger charge is -2.07. The van der Waals surface area contributed by atoms with E-state index in [1.807, 2.05) is 0 Å². The minimum atomic E-state index is 0.665. The van der Waals surface area contributed by atoms with Crippen LogP contribution in [0.1, 0.15) is 26.2 Å². The van der Waals surface area contributed by atoms with Crippen LogP contribution < -0.4 is 0 Å². The second-order valence-electron chi connectivity index (χ2n) is 3.39. The summed E-state index contributed by atoms with van der Waals surface area (Å²) in [4.78, 5) is 0. The number of allylic oxidation sites excluding steroid dienone is 2.